The summed E-state index contributed by atoms with van der Waals surface area (Å²) >= 11 is 0. The van der Waals surface area contributed by atoms with E-state index in [4.69, 9.17) is 0 Å². The Morgan fingerprint density at radius 1 is 1.19 bits per heavy atom. The molecule has 4 rings (SSSR count). The molecule has 3 fully saturated rings. The number of anilines is 1. The Bertz CT molecular complexity index is 884. The molecule has 6 nitrogen and oxygen atoms in total. The van der Waals surface area contributed by atoms with Crippen LogP contribution in [0.4, 0.5) is 19.0 Å². The molecule has 2 heterocycles. The van der Waals surface area contributed by atoms with Gasteiger partial charge in [-0.25, -0.2) is 4.98 Å². The molecule has 2 N–H and O–H groups in total. The third-order valence-corrected chi connectivity index (χ3v) is 7.44. The summed E-state index contributed by atoms with van der Waals surface area (Å²) in [6.07, 6.45) is 5.00. The zero-order valence-corrected chi connectivity index (χ0v) is 21.7. The van der Waals surface area contributed by atoms with E-state index in [1.54, 1.807) is 0 Å². The number of amides is 1. The number of aliphatic hydroxyl groups is 1. The van der Waals surface area contributed by atoms with Crippen LogP contribution in [0.5, 0.6) is 0 Å². The molecule has 1 saturated heterocycles. The Hall–Kier alpha value is -2.29. The lowest BCUT2D eigenvalue weighted by atomic mass is 9.82. The first-order valence-corrected chi connectivity index (χ1v) is 13.3. The van der Waals surface area contributed by atoms with Crippen LogP contribution in [0, 0.1) is 11.8 Å². The number of aliphatic hydroxyl groups excluding tert-OH is 1. The van der Waals surface area contributed by atoms with Crippen molar-refractivity contribution in [2.45, 2.75) is 84.0 Å². The van der Waals surface area contributed by atoms with Crippen LogP contribution in [-0.2, 0) is 11.0 Å². The van der Waals surface area contributed by atoms with Crippen LogP contribution in [0.2, 0.25) is 0 Å². The number of piperazine rings is 1. The number of halogens is 3. The highest BCUT2D eigenvalue weighted by molar-refractivity contribution is 5.79. The van der Waals surface area contributed by atoms with Crippen LogP contribution in [0.15, 0.2) is 30.2 Å². The van der Waals surface area contributed by atoms with Gasteiger partial charge >= 0.3 is 6.18 Å². The van der Waals surface area contributed by atoms with Crippen LogP contribution in [0.1, 0.15) is 71.3 Å². The van der Waals surface area contributed by atoms with Crippen molar-refractivity contribution in [3.63, 3.8) is 0 Å². The number of carbonyl (C=O) groups is 1. The van der Waals surface area contributed by atoms with E-state index >= 15 is 0 Å². The summed E-state index contributed by atoms with van der Waals surface area (Å²) in [5.74, 6) is 0.882. The van der Waals surface area contributed by atoms with E-state index in [-0.39, 0.29) is 23.9 Å². The SMILES string of the molecule is CC1CCC/C(=C\O)C1NC1CCC(C(=O)N2CCN(c3cc(C(F)(F)F)ccn3)CC2)C1.CCC. The minimum Gasteiger partial charge on any atom is -0.516 e. The zero-order valence-electron chi connectivity index (χ0n) is 21.7. The number of nitrogens with one attached hydrogen (secondary N) is 1. The maximum atomic E-state index is 13.1. The minimum absolute atomic E-state index is 0.0267. The summed E-state index contributed by atoms with van der Waals surface area (Å²) in [6, 6.07) is 2.48. The van der Waals surface area contributed by atoms with E-state index in [9.17, 15) is 23.1 Å². The minimum atomic E-state index is -4.40. The predicted octanol–water partition coefficient (Wildman–Crippen LogP) is 5.55. The van der Waals surface area contributed by atoms with Crippen molar-refractivity contribution in [1.82, 2.24) is 15.2 Å². The summed E-state index contributed by atoms with van der Waals surface area (Å²) in [6.45, 7) is 8.37. The van der Waals surface area contributed by atoms with Crippen LogP contribution in [-0.4, -0.2) is 59.2 Å². The number of aromatic nitrogens is 1. The van der Waals surface area contributed by atoms with Gasteiger partial charge in [-0.05, 0) is 62.1 Å². The lowest BCUT2D eigenvalue weighted by Crippen LogP contribution is -2.50. The molecule has 1 aromatic rings. The lowest BCUT2D eigenvalue weighted by Gasteiger charge is -2.37. The van der Waals surface area contributed by atoms with E-state index in [1.807, 2.05) is 9.80 Å². The molecule has 1 amide bonds. The van der Waals surface area contributed by atoms with Gasteiger partial charge in [-0.1, -0.05) is 27.2 Å². The highest BCUT2D eigenvalue weighted by Gasteiger charge is 2.37. The highest BCUT2D eigenvalue weighted by Crippen LogP contribution is 2.34. The molecule has 1 aromatic heterocycles. The fourth-order valence-corrected chi connectivity index (χ4v) is 5.52. The quantitative estimate of drug-likeness (QED) is 0.520. The van der Waals surface area contributed by atoms with Crippen LogP contribution < -0.4 is 10.2 Å². The first kappa shape index (κ1) is 28.3. The molecule has 2 aliphatic carbocycles. The van der Waals surface area contributed by atoms with Crippen LogP contribution in [0.3, 0.4) is 0 Å². The number of pyridine rings is 1. The van der Waals surface area contributed by atoms with Crippen molar-refractivity contribution >= 4 is 11.7 Å². The Balaban J connectivity index is 0.00000115. The Morgan fingerprint density at radius 3 is 2.53 bits per heavy atom. The van der Waals surface area contributed by atoms with Gasteiger partial charge in [0, 0.05) is 50.4 Å². The van der Waals surface area contributed by atoms with E-state index < -0.39 is 11.7 Å². The molecule has 0 radical (unpaired) electrons. The molecule has 9 heteroatoms. The maximum absolute atomic E-state index is 13.1. The average Bonchev–Trinajstić information content (AvgIpc) is 3.33. The third kappa shape index (κ3) is 7.14. The molecular weight excluding hydrogens is 469 g/mol. The topological polar surface area (TPSA) is 68.7 Å². The molecule has 0 spiro atoms. The summed E-state index contributed by atoms with van der Waals surface area (Å²) in [7, 11) is 0. The van der Waals surface area contributed by atoms with Crippen molar-refractivity contribution in [3.05, 3.63) is 35.7 Å². The number of carbonyl (C=O) groups excluding carboxylic acids is 1. The summed E-state index contributed by atoms with van der Waals surface area (Å²) in [5.41, 5.74) is 0.352. The van der Waals surface area contributed by atoms with Crippen LogP contribution >= 0.6 is 0 Å². The van der Waals surface area contributed by atoms with Crippen molar-refractivity contribution in [1.29, 1.82) is 0 Å². The second-order valence-electron chi connectivity index (χ2n) is 10.3. The number of rotatable bonds is 4. The number of hydrogen-bond donors (Lipinski definition) is 2. The third-order valence-electron chi connectivity index (χ3n) is 7.44. The summed E-state index contributed by atoms with van der Waals surface area (Å²) < 4.78 is 39.0. The molecule has 202 valence electrons. The zero-order chi connectivity index (χ0) is 26.3. The fraction of sp³-hybridized carbons (Fsp3) is 0.704. The van der Waals surface area contributed by atoms with E-state index in [0.29, 0.717) is 37.9 Å². The van der Waals surface area contributed by atoms with Crippen molar-refractivity contribution in [3.8, 4) is 0 Å². The van der Waals surface area contributed by atoms with Gasteiger partial charge in [0.2, 0.25) is 5.91 Å². The predicted molar refractivity (Wildman–Crippen MR) is 136 cm³/mol. The van der Waals surface area contributed by atoms with Crippen LogP contribution in [0.25, 0.3) is 0 Å². The Morgan fingerprint density at radius 2 is 1.89 bits per heavy atom. The molecule has 4 atom stereocenters. The molecule has 3 aliphatic rings. The molecular formula is C27H41F3N4O2. The van der Waals surface area contributed by atoms with Gasteiger partial charge < -0.3 is 20.2 Å². The standard InChI is InChI=1S/C24H33F3N4O2.C3H8/c1-16-3-2-4-18(15-32)22(16)29-20-6-5-17(13-20)23(33)31-11-9-30(10-12-31)21-14-19(7-8-28-21)24(25,26)27;1-3-2/h7-8,14-17,20,22,29,32H,2-6,9-13H2,1H3;3H2,1-2H3/b18-15+;. The van der Waals surface area contributed by atoms with Gasteiger partial charge in [0.05, 0.1) is 11.8 Å². The van der Waals surface area contributed by atoms with Gasteiger partial charge in [-0.15, -0.1) is 0 Å². The normalized spacial score (nSPS) is 28.1. The molecule has 4 unspecified atom stereocenters. The average molecular weight is 511 g/mol. The largest absolute Gasteiger partial charge is 0.516 e. The fourth-order valence-electron chi connectivity index (χ4n) is 5.52. The lowest BCUT2D eigenvalue weighted by molar-refractivity contribution is -0.137. The highest BCUT2D eigenvalue weighted by atomic mass is 19.4. The van der Waals surface area contributed by atoms with Gasteiger partial charge in [0.1, 0.15) is 5.82 Å². The van der Waals surface area contributed by atoms with E-state index in [0.717, 1.165) is 56.2 Å². The summed E-state index contributed by atoms with van der Waals surface area (Å²) in [5, 5.41) is 13.3. The second-order valence-corrected chi connectivity index (χ2v) is 10.3. The first-order chi connectivity index (χ1) is 17.2. The van der Waals surface area contributed by atoms with Gasteiger partial charge in [0.25, 0.3) is 0 Å². The molecule has 0 aromatic carbocycles. The number of alkyl halides is 3. The maximum Gasteiger partial charge on any atom is 0.416 e. The van der Waals surface area contributed by atoms with E-state index in [1.165, 1.54) is 18.9 Å². The first-order valence-electron chi connectivity index (χ1n) is 13.3. The van der Waals surface area contributed by atoms with Gasteiger partial charge in [0.15, 0.2) is 0 Å². The van der Waals surface area contributed by atoms with Gasteiger partial charge in [-0.3, -0.25) is 4.79 Å². The van der Waals surface area contributed by atoms with Crippen molar-refractivity contribution in [2.24, 2.45) is 11.8 Å². The summed E-state index contributed by atoms with van der Waals surface area (Å²) in [4.78, 5) is 20.9. The smallest absolute Gasteiger partial charge is 0.416 e. The molecule has 1 aliphatic heterocycles. The Kier molecular flexibility index (Phi) is 10.0. The van der Waals surface area contributed by atoms with Gasteiger partial charge in [-0.2, -0.15) is 13.2 Å². The Labute approximate surface area is 213 Å². The number of nitrogens with zero attached hydrogens (tertiary/aromatic N) is 3. The number of hydrogen-bond acceptors (Lipinski definition) is 5. The molecule has 2 saturated carbocycles. The monoisotopic (exact) mass is 510 g/mol. The van der Waals surface area contributed by atoms with E-state index in [2.05, 4.69) is 31.1 Å². The molecule has 0 bridgehead atoms. The second kappa shape index (κ2) is 12.8. The molecule has 36 heavy (non-hydrogen) atoms. The van der Waals surface area contributed by atoms with Crippen molar-refractivity contribution in [2.75, 3.05) is 31.1 Å². The van der Waals surface area contributed by atoms with Crippen molar-refractivity contribution < 1.29 is 23.1 Å².